The standard InChI is InChI=1S/C19H12ClNO4/c20-14-7-5-12(6-8-14)16-10-15(25-21-16)11-23-19(22)18-9-13-3-1-2-4-17(13)24-18/h1-10H,11H2. The molecular weight excluding hydrogens is 342 g/mol. The van der Waals surface area contributed by atoms with Crippen LogP contribution in [-0.4, -0.2) is 11.1 Å². The zero-order valence-corrected chi connectivity index (χ0v) is 13.7. The first-order chi connectivity index (χ1) is 12.2. The van der Waals surface area contributed by atoms with Crippen LogP contribution < -0.4 is 0 Å². The van der Waals surface area contributed by atoms with E-state index in [1.54, 1.807) is 30.3 Å². The summed E-state index contributed by atoms with van der Waals surface area (Å²) in [6.07, 6.45) is 0. The number of hydrogen-bond acceptors (Lipinski definition) is 5. The van der Waals surface area contributed by atoms with E-state index in [-0.39, 0.29) is 12.4 Å². The van der Waals surface area contributed by atoms with Crippen molar-refractivity contribution in [2.75, 3.05) is 0 Å². The molecule has 0 aliphatic carbocycles. The fraction of sp³-hybridized carbons (Fsp3) is 0.0526. The molecule has 0 aliphatic rings. The minimum atomic E-state index is -0.555. The Hall–Kier alpha value is -3.05. The maximum atomic E-state index is 12.1. The van der Waals surface area contributed by atoms with Crippen LogP contribution in [0.15, 0.2) is 69.6 Å². The Kier molecular flexibility index (Phi) is 3.99. The Morgan fingerprint density at radius 3 is 2.68 bits per heavy atom. The summed E-state index contributed by atoms with van der Waals surface area (Å²) in [6, 6.07) is 18.0. The van der Waals surface area contributed by atoms with Gasteiger partial charge in [-0.15, -0.1) is 0 Å². The summed E-state index contributed by atoms with van der Waals surface area (Å²) in [5.74, 6) is 0.0358. The van der Waals surface area contributed by atoms with Crippen LogP contribution in [0.5, 0.6) is 0 Å². The number of carbonyl (C=O) groups is 1. The molecule has 4 aromatic rings. The van der Waals surface area contributed by atoms with Crippen molar-refractivity contribution in [3.05, 3.63) is 77.2 Å². The summed E-state index contributed by atoms with van der Waals surface area (Å²) in [5.41, 5.74) is 2.15. The molecule has 0 amide bonds. The van der Waals surface area contributed by atoms with Gasteiger partial charge < -0.3 is 13.7 Å². The third kappa shape index (κ3) is 3.27. The van der Waals surface area contributed by atoms with Crippen LogP contribution in [0.2, 0.25) is 5.02 Å². The van der Waals surface area contributed by atoms with E-state index in [9.17, 15) is 4.79 Å². The SMILES string of the molecule is O=C(OCc1cc(-c2ccc(Cl)cc2)no1)c1cc2ccccc2o1. The normalized spacial score (nSPS) is 10.9. The second kappa shape index (κ2) is 6.45. The fourth-order valence-electron chi connectivity index (χ4n) is 2.43. The number of para-hydroxylation sites is 1. The van der Waals surface area contributed by atoms with Crippen molar-refractivity contribution in [2.45, 2.75) is 6.61 Å². The Morgan fingerprint density at radius 1 is 1.08 bits per heavy atom. The van der Waals surface area contributed by atoms with E-state index in [4.69, 9.17) is 25.3 Å². The van der Waals surface area contributed by atoms with E-state index in [1.165, 1.54) is 0 Å². The summed E-state index contributed by atoms with van der Waals surface area (Å²) < 4.78 is 15.9. The smallest absolute Gasteiger partial charge is 0.374 e. The van der Waals surface area contributed by atoms with Crippen LogP contribution >= 0.6 is 11.6 Å². The van der Waals surface area contributed by atoms with Crippen LogP contribution in [0.1, 0.15) is 16.3 Å². The molecular formula is C19H12ClNO4. The highest BCUT2D eigenvalue weighted by atomic mass is 35.5. The van der Waals surface area contributed by atoms with E-state index in [0.717, 1.165) is 10.9 Å². The molecule has 2 aromatic heterocycles. The number of rotatable bonds is 4. The molecule has 6 heteroatoms. The number of carbonyl (C=O) groups excluding carboxylic acids is 1. The van der Waals surface area contributed by atoms with Crippen molar-refractivity contribution in [1.29, 1.82) is 0 Å². The summed E-state index contributed by atoms with van der Waals surface area (Å²) >= 11 is 5.87. The van der Waals surface area contributed by atoms with Gasteiger partial charge in [0.1, 0.15) is 11.3 Å². The van der Waals surface area contributed by atoms with Gasteiger partial charge in [-0.1, -0.05) is 47.1 Å². The number of benzene rings is 2. The number of fused-ring (bicyclic) bond motifs is 1. The minimum absolute atomic E-state index is 0.0313. The molecule has 0 saturated heterocycles. The second-order valence-corrected chi connectivity index (χ2v) is 5.85. The molecule has 0 N–H and O–H groups in total. The highest BCUT2D eigenvalue weighted by Crippen LogP contribution is 2.23. The lowest BCUT2D eigenvalue weighted by atomic mass is 10.1. The number of hydrogen-bond donors (Lipinski definition) is 0. The molecule has 0 unspecified atom stereocenters. The summed E-state index contributed by atoms with van der Waals surface area (Å²) in [6.45, 7) is -0.0313. The van der Waals surface area contributed by atoms with Crippen LogP contribution in [0.25, 0.3) is 22.2 Å². The van der Waals surface area contributed by atoms with Gasteiger partial charge in [0, 0.05) is 22.0 Å². The number of ether oxygens (including phenoxy) is 1. The zero-order valence-electron chi connectivity index (χ0n) is 12.9. The molecule has 0 atom stereocenters. The van der Waals surface area contributed by atoms with E-state index in [1.807, 2.05) is 30.3 Å². The highest BCUT2D eigenvalue weighted by Gasteiger charge is 2.15. The maximum Gasteiger partial charge on any atom is 0.374 e. The van der Waals surface area contributed by atoms with Gasteiger partial charge in [-0.05, 0) is 24.3 Å². The summed E-state index contributed by atoms with van der Waals surface area (Å²) in [5, 5.41) is 5.46. The quantitative estimate of drug-likeness (QED) is 0.477. The van der Waals surface area contributed by atoms with Crippen molar-refractivity contribution in [2.24, 2.45) is 0 Å². The average molecular weight is 354 g/mol. The number of nitrogens with zero attached hydrogens (tertiary/aromatic N) is 1. The van der Waals surface area contributed by atoms with Crippen LogP contribution in [0.3, 0.4) is 0 Å². The average Bonchev–Trinajstić information content (AvgIpc) is 3.27. The Balaban J connectivity index is 1.44. The van der Waals surface area contributed by atoms with Gasteiger partial charge in [-0.2, -0.15) is 0 Å². The third-order valence-corrected chi connectivity index (χ3v) is 3.92. The molecule has 0 saturated carbocycles. The lowest BCUT2D eigenvalue weighted by molar-refractivity contribution is 0.0404. The molecule has 0 bridgehead atoms. The predicted molar refractivity (Wildman–Crippen MR) is 92.3 cm³/mol. The predicted octanol–water partition coefficient (Wildman–Crippen LogP) is 5.10. The number of esters is 1. The molecule has 4 rings (SSSR count). The summed E-state index contributed by atoms with van der Waals surface area (Å²) in [4.78, 5) is 12.1. The van der Waals surface area contributed by atoms with Gasteiger partial charge in [0.05, 0.1) is 0 Å². The van der Waals surface area contributed by atoms with Crippen LogP contribution in [0.4, 0.5) is 0 Å². The van der Waals surface area contributed by atoms with Gasteiger partial charge in [0.25, 0.3) is 0 Å². The molecule has 124 valence electrons. The number of aromatic nitrogens is 1. The van der Waals surface area contributed by atoms with Crippen molar-refractivity contribution < 1.29 is 18.5 Å². The van der Waals surface area contributed by atoms with Crippen molar-refractivity contribution in [3.63, 3.8) is 0 Å². The van der Waals surface area contributed by atoms with Crippen molar-refractivity contribution in [3.8, 4) is 11.3 Å². The van der Waals surface area contributed by atoms with E-state index in [2.05, 4.69) is 5.16 Å². The Morgan fingerprint density at radius 2 is 1.88 bits per heavy atom. The number of furan rings is 1. The van der Waals surface area contributed by atoms with Crippen LogP contribution in [0, 0.1) is 0 Å². The van der Waals surface area contributed by atoms with Crippen LogP contribution in [-0.2, 0) is 11.3 Å². The first-order valence-corrected chi connectivity index (χ1v) is 7.94. The molecule has 0 spiro atoms. The Labute approximate surface area is 147 Å². The molecule has 2 heterocycles. The molecule has 5 nitrogen and oxygen atoms in total. The fourth-order valence-corrected chi connectivity index (χ4v) is 2.55. The van der Waals surface area contributed by atoms with Crippen molar-refractivity contribution in [1.82, 2.24) is 5.16 Å². The second-order valence-electron chi connectivity index (χ2n) is 5.41. The van der Waals surface area contributed by atoms with Gasteiger partial charge in [0.15, 0.2) is 12.4 Å². The minimum Gasteiger partial charge on any atom is -0.452 e. The van der Waals surface area contributed by atoms with Crippen molar-refractivity contribution >= 4 is 28.5 Å². The summed E-state index contributed by atoms with van der Waals surface area (Å²) in [7, 11) is 0. The van der Waals surface area contributed by atoms with Gasteiger partial charge in [0.2, 0.25) is 5.76 Å². The van der Waals surface area contributed by atoms with Gasteiger partial charge >= 0.3 is 5.97 Å². The monoisotopic (exact) mass is 353 g/mol. The lowest BCUT2D eigenvalue weighted by Crippen LogP contribution is -2.03. The molecule has 25 heavy (non-hydrogen) atoms. The zero-order chi connectivity index (χ0) is 17.2. The van der Waals surface area contributed by atoms with E-state index in [0.29, 0.717) is 22.1 Å². The third-order valence-electron chi connectivity index (χ3n) is 3.67. The topological polar surface area (TPSA) is 65.5 Å². The molecule has 0 fully saturated rings. The Bertz CT molecular complexity index is 1000. The van der Waals surface area contributed by atoms with Gasteiger partial charge in [-0.3, -0.25) is 0 Å². The lowest BCUT2D eigenvalue weighted by Gasteiger charge is -1.98. The highest BCUT2D eigenvalue weighted by molar-refractivity contribution is 6.30. The molecule has 0 radical (unpaired) electrons. The molecule has 2 aromatic carbocycles. The first-order valence-electron chi connectivity index (χ1n) is 7.56. The molecule has 0 aliphatic heterocycles. The first kappa shape index (κ1) is 15.5. The number of halogens is 1. The maximum absolute atomic E-state index is 12.1. The van der Waals surface area contributed by atoms with Gasteiger partial charge in [-0.25, -0.2) is 4.79 Å². The largest absolute Gasteiger partial charge is 0.452 e. The van der Waals surface area contributed by atoms with E-state index < -0.39 is 5.97 Å². The van der Waals surface area contributed by atoms with E-state index >= 15 is 0 Å².